The van der Waals surface area contributed by atoms with Crippen LogP contribution in [0.5, 0.6) is 0 Å². The van der Waals surface area contributed by atoms with Crippen LogP contribution in [-0.4, -0.2) is 27.8 Å². The fourth-order valence-corrected chi connectivity index (χ4v) is 2.97. The molecule has 0 fully saturated rings. The van der Waals surface area contributed by atoms with Crippen molar-refractivity contribution in [2.24, 2.45) is 0 Å². The minimum absolute atomic E-state index is 0.329. The maximum absolute atomic E-state index is 12.1. The van der Waals surface area contributed by atoms with E-state index in [2.05, 4.69) is 15.2 Å². The normalized spacial score (nSPS) is 10.7. The van der Waals surface area contributed by atoms with Crippen LogP contribution in [0.2, 0.25) is 0 Å². The molecule has 6 heteroatoms. The smallest absolute Gasteiger partial charge is 0.340 e. The zero-order valence-corrected chi connectivity index (χ0v) is 12.2. The van der Waals surface area contributed by atoms with Crippen molar-refractivity contribution < 1.29 is 9.53 Å². The van der Waals surface area contributed by atoms with E-state index in [0.29, 0.717) is 12.2 Å². The third kappa shape index (κ3) is 2.75. The number of pyridine rings is 1. The van der Waals surface area contributed by atoms with E-state index in [-0.39, 0.29) is 5.97 Å². The molecule has 0 aliphatic heterocycles. The second kappa shape index (κ2) is 5.97. The number of H-pyrrole nitrogens is 1. The van der Waals surface area contributed by atoms with Gasteiger partial charge in [0.25, 0.3) is 0 Å². The van der Waals surface area contributed by atoms with Crippen LogP contribution in [-0.2, 0) is 4.74 Å². The van der Waals surface area contributed by atoms with Crippen molar-refractivity contribution in [2.75, 3.05) is 6.61 Å². The van der Waals surface area contributed by atoms with Crippen molar-refractivity contribution in [1.29, 1.82) is 0 Å². The molecule has 1 aromatic carbocycles. The van der Waals surface area contributed by atoms with Gasteiger partial charge in [0.2, 0.25) is 0 Å². The molecule has 0 aliphatic rings. The Kier molecular flexibility index (Phi) is 3.87. The van der Waals surface area contributed by atoms with Gasteiger partial charge < -0.3 is 4.74 Å². The lowest BCUT2D eigenvalue weighted by molar-refractivity contribution is 0.0522. The zero-order chi connectivity index (χ0) is 14.7. The van der Waals surface area contributed by atoms with Gasteiger partial charge in [-0.05, 0) is 19.1 Å². The Labute approximate surface area is 125 Å². The van der Waals surface area contributed by atoms with Gasteiger partial charge in [-0.2, -0.15) is 5.10 Å². The summed E-state index contributed by atoms with van der Waals surface area (Å²) >= 11 is 1.49. The van der Waals surface area contributed by atoms with Gasteiger partial charge in [-0.1, -0.05) is 30.0 Å². The van der Waals surface area contributed by atoms with Crippen molar-refractivity contribution in [3.63, 3.8) is 0 Å². The zero-order valence-electron chi connectivity index (χ0n) is 11.4. The van der Waals surface area contributed by atoms with Gasteiger partial charge in [0.1, 0.15) is 5.52 Å². The Bertz CT molecular complexity index is 771. The van der Waals surface area contributed by atoms with Crippen molar-refractivity contribution in [2.45, 2.75) is 16.7 Å². The van der Waals surface area contributed by atoms with E-state index in [1.807, 2.05) is 30.3 Å². The number of aromatic amines is 1. The van der Waals surface area contributed by atoms with Crippen molar-refractivity contribution in [3.8, 4) is 0 Å². The molecule has 2 aromatic heterocycles. The average Bonchev–Trinajstić information content (AvgIpc) is 2.98. The van der Waals surface area contributed by atoms with E-state index in [0.717, 1.165) is 20.8 Å². The molecule has 1 N–H and O–H groups in total. The van der Waals surface area contributed by atoms with Gasteiger partial charge in [-0.3, -0.25) is 10.1 Å². The minimum atomic E-state index is -0.375. The van der Waals surface area contributed by atoms with Gasteiger partial charge in [0.05, 0.1) is 28.8 Å². The lowest BCUT2D eigenvalue weighted by atomic mass is 10.2. The van der Waals surface area contributed by atoms with Gasteiger partial charge in [-0.15, -0.1) is 0 Å². The second-order valence-electron chi connectivity index (χ2n) is 4.27. The quantitative estimate of drug-likeness (QED) is 0.749. The summed E-state index contributed by atoms with van der Waals surface area (Å²) in [4.78, 5) is 18.2. The summed E-state index contributed by atoms with van der Waals surface area (Å²) in [6.45, 7) is 2.11. The number of benzene rings is 1. The maximum Gasteiger partial charge on any atom is 0.340 e. The monoisotopic (exact) mass is 299 g/mol. The Balaban J connectivity index is 2.10. The number of fused-ring (bicyclic) bond motifs is 1. The number of hydrogen-bond acceptors (Lipinski definition) is 5. The SMILES string of the molecule is CCOC(=O)c1cnc2cn[nH]c2c1Sc1ccccc1. The number of esters is 1. The predicted molar refractivity (Wildman–Crippen MR) is 80.4 cm³/mol. The fraction of sp³-hybridized carbons (Fsp3) is 0.133. The van der Waals surface area contributed by atoms with Crippen molar-refractivity contribution in [1.82, 2.24) is 15.2 Å². The molecule has 0 radical (unpaired) electrons. The number of hydrogen-bond donors (Lipinski definition) is 1. The van der Waals surface area contributed by atoms with Crippen LogP contribution < -0.4 is 0 Å². The lowest BCUT2D eigenvalue weighted by Gasteiger charge is -2.09. The highest BCUT2D eigenvalue weighted by molar-refractivity contribution is 7.99. The molecule has 0 aliphatic carbocycles. The predicted octanol–water partition coefficient (Wildman–Crippen LogP) is 3.29. The highest BCUT2D eigenvalue weighted by atomic mass is 32.2. The van der Waals surface area contributed by atoms with Crippen LogP contribution in [0.4, 0.5) is 0 Å². The number of rotatable bonds is 4. The van der Waals surface area contributed by atoms with E-state index in [4.69, 9.17) is 4.74 Å². The Morgan fingerprint density at radius 3 is 2.86 bits per heavy atom. The maximum atomic E-state index is 12.1. The lowest BCUT2D eigenvalue weighted by Crippen LogP contribution is -2.07. The number of nitrogens with one attached hydrogen (secondary N) is 1. The largest absolute Gasteiger partial charge is 0.462 e. The first kappa shape index (κ1) is 13.6. The van der Waals surface area contributed by atoms with E-state index in [1.165, 1.54) is 11.8 Å². The number of nitrogens with zero attached hydrogens (tertiary/aromatic N) is 2. The Morgan fingerprint density at radius 1 is 1.29 bits per heavy atom. The van der Waals surface area contributed by atoms with Crippen molar-refractivity contribution in [3.05, 3.63) is 48.3 Å². The molecule has 0 spiro atoms. The van der Waals surface area contributed by atoms with E-state index in [9.17, 15) is 4.79 Å². The molecule has 21 heavy (non-hydrogen) atoms. The van der Waals surface area contributed by atoms with Gasteiger partial charge in [0.15, 0.2) is 0 Å². The van der Waals surface area contributed by atoms with Gasteiger partial charge in [0, 0.05) is 11.1 Å². The first-order valence-corrected chi connectivity index (χ1v) is 7.33. The average molecular weight is 299 g/mol. The third-order valence-corrected chi connectivity index (χ3v) is 4.02. The third-order valence-electron chi connectivity index (χ3n) is 2.88. The standard InChI is InChI=1S/C15H13N3O2S/c1-2-20-15(19)11-8-16-12-9-17-18-13(12)14(11)21-10-6-4-3-5-7-10/h3-9H,2H2,1H3,(H,17,18). The molecule has 3 rings (SSSR count). The number of carbonyl (C=O) groups is 1. The number of carbonyl (C=O) groups excluding carboxylic acids is 1. The molecule has 3 aromatic rings. The van der Waals surface area contributed by atoms with E-state index < -0.39 is 0 Å². The van der Waals surface area contributed by atoms with Gasteiger partial charge in [-0.25, -0.2) is 4.79 Å². The number of aromatic nitrogens is 3. The van der Waals surface area contributed by atoms with Crippen LogP contribution in [0, 0.1) is 0 Å². The van der Waals surface area contributed by atoms with Crippen LogP contribution in [0.1, 0.15) is 17.3 Å². The molecule has 0 saturated heterocycles. The summed E-state index contributed by atoms with van der Waals surface area (Å²) in [6.07, 6.45) is 3.18. The van der Waals surface area contributed by atoms with Crippen molar-refractivity contribution >= 4 is 28.8 Å². The van der Waals surface area contributed by atoms with Crippen LogP contribution in [0.3, 0.4) is 0 Å². The Hall–Kier alpha value is -2.34. The second-order valence-corrected chi connectivity index (χ2v) is 5.35. The first-order chi connectivity index (χ1) is 10.3. The molecular formula is C15H13N3O2S. The van der Waals surface area contributed by atoms with E-state index >= 15 is 0 Å². The topological polar surface area (TPSA) is 67.9 Å². The molecule has 0 unspecified atom stereocenters. The summed E-state index contributed by atoms with van der Waals surface area (Å²) in [6, 6.07) is 9.84. The van der Waals surface area contributed by atoms with Crippen LogP contribution in [0.25, 0.3) is 11.0 Å². The van der Waals surface area contributed by atoms with E-state index in [1.54, 1.807) is 19.3 Å². The Morgan fingerprint density at radius 2 is 2.10 bits per heavy atom. The highest BCUT2D eigenvalue weighted by Crippen LogP contribution is 2.34. The summed E-state index contributed by atoms with van der Waals surface area (Å²) in [5, 5.41) is 6.90. The van der Waals surface area contributed by atoms with Crippen LogP contribution in [0.15, 0.2) is 52.5 Å². The summed E-state index contributed by atoms with van der Waals surface area (Å²) in [5.74, 6) is -0.375. The molecule has 0 bridgehead atoms. The summed E-state index contributed by atoms with van der Waals surface area (Å²) in [5.41, 5.74) is 1.92. The molecule has 0 saturated carbocycles. The summed E-state index contributed by atoms with van der Waals surface area (Å²) in [7, 11) is 0. The minimum Gasteiger partial charge on any atom is -0.462 e. The number of ether oxygens (including phenoxy) is 1. The molecule has 5 nitrogen and oxygen atoms in total. The molecule has 106 valence electrons. The van der Waals surface area contributed by atoms with Gasteiger partial charge >= 0.3 is 5.97 Å². The molecule has 2 heterocycles. The fourth-order valence-electron chi connectivity index (χ4n) is 1.94. The van der Waals surface area contributed by atoms with Crippen LogP contribution >= 0.6 is 11.8 Å². The first-order valence-electron chi connectivity index (χ1n) is 6.51. The highest BCUT2D eigenvalue weighted by Gasteiger charge is 2.18. The molecule has 0 amide bonds. The molecule has 0 atom stereocenters. The molecular weight excluding hydrogens is 286 g/mol. The summed E-state index contributed by atoms with van der Waals surface area (Å²) < 4.78 is 5.11.